The summed E-state index contributed by atoms with van der Waals surface area (Å²) in [6.45, 7) is 3.47. The Morgan fingerprint density at radius 1 is 1.71 bits per heavy atom. The third-order valence-electron chi connectivity index (χ3n) is 1.30. The van der Waals surface area contributed by atoms with Crippen LogP contribution in [0.15, 0.2) is 0 Å². The number of aliphatic hydroxyl groups excluding tert-OH is 1. The van der Waals surface area contributed by atoms with E-state index >= 15 is 0 Å². The standard InChI is InChI=1S/C6H11O/c1-5(7)4-6-2-3-6/h5-7H,1-4H2. The van der Waals surface area contributed by atoms with Crippen LogP contribution in [-0.2, 0) is 0 Å². The van der Waals surface area contributed by atoms with Gasteiger partial charge in [0.25, 0.3) is 0 Å². The summed E-state index contributed by atoms with van der Waals surface area (Å²) in [6.07, 6.45) is 3.23. The van der Waals surface area contributed by atoms with Gasteiger partial charge in [-0.3, -0.25) is 0 Å². The molecule has 1 heteroatoms. The lowest BCUT2D eigenvalue weighted by molar-refractivity contribution is 0.202. The van der Waals surface area contributed by atoms with Crippen LogP contribution in [0.25, 0.3) is 0 Å². The van der Waals surface area contributed by atoms with E-state index in [0.29, 0.717) is 0 Å². The van der Waals surface area contributed by atoms with Crippen molar-refractivity contribution in [1.82, 2.24) is 0 Å². The van der Waals surface area contributed by atoms with Crippen LogP contribution in [0, 0.1) is 12.8 Å². The Morgan fingerprint density at radius 3 is 2.43 bits per heavy atom. The lowest BCUT2D eigenvalue weighted by Gasteiger charge is -1.97. The maximum absolute atomic E-state index is 8.65. The zero-order valence-electron chi connectivity index (χ0n) is 4.43. The fourth-order valence-electron chi connectivity index (χ4n) is 0.738. The second kappa shape index (κ2) is 1.83. The fraction of sp³-hybridized carbons (Fsp3) is 0.833. The topological polar surface area (TPSA) is 20.2 Å². The molecular weight excluding hydrogens is 88.1 g/mol. The largest absolute Gasteiger partial charge is 0.393 e. The Kier molecular flexibility index (Phi) is 1.33. The Balaban J connectivity index is 1.97. The highest BCUT2D eigenvalue weighted by Gasteiger charge is 2.22. The molecule has 1 fully saturated rings. The van der Waals surface area contributed by atoms with Crippen molar-refractivity contribution in [3.05, 3.63) is 6.92 Å². The van der Waals surface area contributed by atoms with Gasteiger partial charge in [-0.15, -0.1) is 0 Å². The maximum atomic E-state index is 8.65. The average molecular weight is 99.2 g/mol. The van der Waals surface area contributed by atoms with Gasteiger partial charge >= 0.3 is 0 Å². The van der Waals surface area contributed by atoms with Gasteiger partial charge < -0.3 is 5.11 Å². The molecule has 1 unspecified atom stereocenters. The molecular formula is C6H11O. The van der Waals surface area contributed by atoms with Crippen molar-refractivity contribution < 1.29 is 5.11 Å². The summed E-state index contributed by atoms with van der Waals surface area (Å²) in [7, 11) is 0. The van der Waals surface area contributed by atoms with Gasteiger partial charge in [-0.05, 0) is 19.3 Å². The summed E-state index contributed by atoms with van der Waals surface area (Å²) in [6, 6.07) is 0. The Bertz CT molecular complexity index is 55.2. The first kappa shape index (κ1) is 5.10. The summed E-state index contributed by atoms with van der Waals surface area (Å²) in [5.41, 5.74) is 0. The van der Waals surface area contributed by atoms with Gasteiger partial charge in [-0.1, -0.05) is 12.8 Å². The molecule has 1 rings (SSSR count). The van der Waals surface area contributed by atoms with E-state index in [1.807, 2.05) is 0 Å². The van der Waals surface area contributed by atoms with Gasteiger partial charge in [0, 0.05) is 0 Å². The molecule has 1 aliphatic carbocycles. The lowest BCUT2D eigenvalue weighted by atomic mass is 10.2. The fourth-order valence-corrected chi connectivity index (χ4v) is 0.738. The molecule has 0 aliphatic heterocycles. The SMILES string of the molecule is [CH2]C(O)CC1CC1. The minimum Gasteiger partial charge on any atom is -0.393 e. The second-order valence-electron chi connectivity index (χ2n) is 2.33. The van der Waals surface area contributed by atoms with Gasteiger partial charge in [0.15, 0.2) is 0 Å². The summed E-state index contributed by atoms with van der Waals surface area (Å²) in [4.78, 5) is 0. The third kappa shape index (κ3) is 1.93. The van der Waals surface area contributed by atoms with Gasteiger partial charge in [-0.25, -0.2) is 0 Å². The quantitative estimate of drug-likeness (QED) is 0.547. The van der Waals surface area contributed by atoms with Crippen molar-refractivity contribution in [2.24, 2.45) is 5.92 Å². The molecule has 0 aromatic rings. The van der Waals surface area contributed by atoms with Crippen LogP contribution in [0.1, 0.15) is 19.3 Å². The molecule has 1 atom stereocenters. The minimum absolute atomic E-state index is 0.313. The third-order valence-corrected chi connectivity index (χ3v) is 1.30. The van der Waals surface area contributed by atoms with Crippen LogP contribution in [0.4, 0.5) is 0 Å². The molecule has 0 saturated heterocycles. The van der Waals surface area contributed by atoms with E-state index < -0.39 is 0 Å². The maximum Gasteiger partial charge on any atom is 0.0543 e. The average Bonchev–Trinajstić information content (AvgIpc) is 2.17. The lowest BCUT2D eigenvalue weighted by Crippen LogP contribution is -1.99. The molecule has 0 bridgehead atoms. The number of hydrogen-bond acceptors (Lipinski definition) is 1. The predicted octanol–water partition coefficient (Wildman–Crippen LogP) is 0.981. The molecule has 1 radical (unpaired) electrons. The van der Waals surface area contributed by atoms with E-state index in [2.05, 4.69) is 6.92 Å². The second-order valence-corrected chi connectivity index (χ2v) is 2.33. The van der Waals surface area contributed by atoms with E-state index in [0.717, 1.165) is 12.3 Å². The zero-order valence-corrected chi connectivity index (χ0v) is 4.43. The smallest absolute Gasteiger partial charge is 0.0543 e. The van der Waals surface area contributed by atoms with E-state index in [1.54, 1.807) is 0 Å². The molecule has 0 heterocycles. The Labute approximate surface area is 44.4 Å². The molecule has 0 spiro atoms. The first-order valence-electron chi connectivity index (χ1n) is 2.80. The minimum atomic E-state index is -0.313. The van der Waals surface area contributed by atoms with Crippen molar-refractivity contribution in [1.29, 1.82) is 0 Å². The van der Waals surface area contributed by atoms with Crippen molar-refractivity contribution in [2.45, 2.75) is 25.4 Å². The van der Waals surface area contributed by atoms with E-state index in [4.69, 9.17) is 5.11 Å². The normalized spacial score (nSPS) is 24.9. The van der Waals surface area contributed by atoms with Crippen molar-refractivity contribution in [2.75, 3.05) is 0 Å². The molecule has 0 aromatic carbocycles. The summed E-state index contributed by atoms with van der Waals surface area (Å²) >= 11 is 0. The van der Waals surface area contributed by atoms with Crippen molar-refractivity contribution >= 4 is 0 Å². The Morgan fingerprint density at radius 2 is 2.29 bits per heavy atom. The highest BCUT2D eigenvalue weighted by Crippen LogP contribution is 2.33. The highest BCUT2D eigenvalue weighted by atomic mass is 16.3. The number of aliphatic hydroxyl groups is 1. The van der Waals surface area contributed by atoms with E-state index in [9.17, 15) is 0 Å². The summed E-state index contributed by atoms with van der Waals surface area (Å²) in [5.74, 6) is 0.812. The number of rotatable bonds is 2. The molecule has 0 amide bonds. The Hall–Kier alpha value is -0.0400. The van der Waals surface area contributed by atoms with Crippen LogP contribution in [0.3, 0.4) is 0 Å². The van der Waals surface area contributed by atoms with Crippen LogP contribution in [-0.4, -0.2) is 11.2 Å². The van der Waals surface area contributed by atoms with E-state index in [-0.39, 0.29) is 6.10 Å². The van der Waals surface area contributed by atoms with Crippen LogP contribution < -0.4 is 0 Å². The number of hydrogen-bond donors (Lipinski definition) is 1. The van der Waals surface area contributed by atoms with Gasteiger partial charge in [-0.2, -0.15) is 0 Å². The van der Waals surface area contributed by atoms with Crippen LogP contribution in [0.5, 0.6) is 0 Å². The zero-order chi connectivity index (χ0) is 5.28. The monoisotopic (exact) mass is 99.1 g/mol. The van der Waals surface area contributed by atoms with Gasteiger partial charge in [0.1, 0.15) is 0 Å². The van der Waals surface area contributed by atoms with Gasteiger partial charge in [0.2, 0.25) is 0 Å². The highest BCUT2D eigenvalue weighted by molar-refractivity contribution is 4.76. The van der Waals surface area contributed by atoms with Crippen LogP contribution in [0.2, 0.25) is 0 Å². The predicted molar refractivity (Wildman–Crippen MR) is 28.7 cm³/mol. The first-order chi connectivity index (χ1) is 3.29. The van der Waals surface area contributed by atoms with Crippen LogP contribution >= 0.6 is 0 Å². The molecule has 1 nitrogen and oxygen atoms in total. The molecule has 7 heavy (non-hydrogen) atoms. The van der Waals surface area contributed by atoms with Crippen molar-refractivity contribution in [3.63, 3.8) is 0 Å². The van der Waals surface area contributed by atoms with E-state index in [1.165, 1.54) is 12.8 Å². The molecule has 1 saturated carbocycles. The van der Waals surface area contributed by atoms with Crippen molar-refractivity contribution in [3.8, 4) is 0 Å². The van der Waals surface area contributed by atoms with Gasteiger partial charge in [0.05, 0.1) is 6.10 Å². The molecule has 41 valence electrons. The first-order valence-corrected chi connectivity index (χ1v) is 2.80. The summed E-state index contributed by atoms with van der Waals surface area (Å²) < 4.78 is 0. The summed E-state index contributed by atoms with van der Waals surface area (Å²) in [5, 5.41) is 8.65. The molecule has 1 aliphatic rings. The molecule has 0 aromatic heterocycles. The molecule has 1 N–H and O–H groups in total.